The number of benzene rings is 1. The van der Waals surface area contributed by atoms with Gasteiger partial charge in [-0.15, -0.1) is 0 Å². The minimum atomic E-state index is -0.769. The van der Waals surface area contributed by atoms with Gasteiger partial charge in [0.05, 0.1) is 12.3 Å². The summed E-state index contributed by atoms with van der Waals surface area (Å²) in [4.78, 5) is 4.86. The lowest BCUT2D eigenvalue weighted by molar-refractivity contribution is 0.0378. The fourth-order valence-electron chi connectivity index (χ4n) is 2.35. The van der Waals surface area contributed by atoms with Gasteiger partial charge in [-0.2, -0.15) is 0 Å². The maximum atomic E-state index is 5.77. The van der Waals surface area contributed by atoms with Gasteiger partial charge in [-0.1, -0.05) is 51.1 Å². The maximum absolute atomic E-state index is 5.77. The molecule has 0 aliphatic carbocycles. The molecule has 0 spiro atoms. The highest BCUT2D eigenvalue weighted by Gasteiger charge is 2.40. The average Bonchev–Trinajstić information content (AvgIpc) is 2.81. The second kappa shape index (κ2) is 5.41. The Balaban J connectivity index is 2.53. The Kier molecular flexibility index (Phi) is 4.00. The molecule has 0 bridgehead atoms. The van der Waals surface area contributed by atoms with Crippen LogP contribution in [-0.4, -0.2) is 19.4 Å². The van der Waals surface area contributed by atoms with Crippen LogP contribution in [0.4, 0.5) is 0 Å². The number of rotatable bonds is 4. The fraction of sp³-hybridized carbons (Fsp3) is 0.471. The van der Waals surface area contributed by atoms with Gasteiger partial charge in [0.2, 0.25) is 5.72 Å². The first-order chi connectivity index (χ1) is 9.43. The van der Waals surface area contributed by atoms with Crippen LogP contribution in [0.25, 0.3) is 0 Å². The quantitative estimate of drug-likeness (QED) is 0.832. The summed E-state index contributed by atoms with van der Waals surface area (Å²) in [6.07, 6.45) is 1.98. The lowest BCUT2D eigenvalue weighted by atomic mass is 9.89. The summed E-state index contributed by atoms with van der Waals surface area (Å²) in [5.41, 5.74) is 1.11. The summed E-state index contributed by atoms with van der Waals surface area (Å²) in [5, 5.41) is 0. The molecule has 3 nitrogen and oxygen atoms in total. The van der Waals surface area contributed by atoms with E-state index in [0.29, 0.717) is 6.61 Å². The molecule has 0 fully saturated rings. The summed E-state index contributed by atoms with van der Waals surface area (Å²) < 4.78 is 11.5. The molecule has 0 aromatic heterocycles. The summed E-state index contributed by atoms with van der Waals surface area (Å²) in [6.45, 7) is 9.01. The molecule has 3 heteroatoms. The Hall–Kier alpha value is -1.61. The molecule has 20 heavy (non-hydrogen) atoms. The van der Waals surface area contributed by atoms with Crippen molar-refractivity contribution in [2.24, 2.45) is 10.4 Å². The van der Waals surface area contributed by atoms with Crippen LogP contribution in [0.1, 0.15) is 33.3 Å². The standard InChI is InChI=1S/C17H23NO2/c1-6-20-14-12-17(19-5,13-10-8-7-9-11-13)18-15(14)16(2,3)4/h7-12H,6H2,1-5H3. The molecule has 0 amide bonds. The molecule has 1 atom stereocenters. The first-order valence-electron chi connectivity index (χ1n) is 7.00. The summed E-state index contributed by atoms with van der Waals surface area (Å²) >= 11 is 0. The van der Waals surface area contributed by atoms with Crippen molar-refractivity contribution < 1.29 is 9.47 Å². The second-order valence-electron chi connectivity index (χ2n) is 5.92. The molecule has 1 aliphatic rings. The van der Waals surface area contributed by atoms with Crippen LogP contribution >= 0.6 is 0 Å². The van der Waals surface area contributed by atoms with E-state index in [9.17, 15) is 0 Å². The number of hydrogen-bond acceptors (Lipinski definition) is 3. The van der Waals surface area contributed by atoms with E-state index in [2.05, 4.69) is 20.8 Å². The smallest absolute Gasteiger partial charge is 0.208 e. The van der Waals surface area contributed by atoms with Gasteiger partial charge in [0, 0.05) is 24.2 Å². The van der Waals surface area contributed by atoms with E-state index in [1.54, 1.807) is 7.11 Å². The van der Waals surface area contributed by atoms with Crippen molar-refractivity contribution in [3.63, 3.8) is 0 Å². The SMILES string of the molecule is CCOC1=CC(OC)(c2ccccc2)N=C1C(C)(C)C. The van der Waals surface area contributed by atoms with Crippen molar-refractivity contribution in [3.8, 4) is 0 Å². The largest absolute Gasteiger partial charge is 0.492 e. The number of ether oxygens (including phenoxy) is 2. The van der Waals surface area contributed by atoms with Gasteiger partial charge in [-0.05, 0) is 6.92 Å². The van der Waals surface area contributed by atoms with E-state index in [1.165, 1.54) is 0 Å². The van der Waals surface area contributed by atoms with E-state index in [0.717, 1.165) is 17.0 Å². The Labute approximate surface area is 121 Å². The van der Waals surface area contributed by atoms with Crippen molar-refractivity contribution in [3.05, 3.63) is 47.7 Å². The highest BCUT2D eigenvalue weighted by molar-refractivity contribution is 6.04. The first-order valence-corrected chi connectivity index (χ1v) is 7.00. The third kappa shape index (κ3) is 2.63. The monoisotopic (exact) mass is 273 g/mol. The third-order valence-electron chi connectivity index (χ3n) is 3.35. The van der Waals surface area contributed by atoms with Crippen LogP contribution in [0.2, 0.25) is 0 Å². The van der Waals surface area contributed by atoms with E-state index in [-0.39, 0.29) is 5.41 Å². The topological polar surface area (TPSA) is 30.8 Å². The van der Waals surface area contributed by atoms with E-state index in [4.69, 9.17) is 14.5 Å². The molecule has 1 aromatic carbocycles. The maximum Gasteiger partial charge on any atom is 0.208 e. The van der Waals surface area contributed by atoms with Gasteiger partial charge in [0.15, 0.2) is 0 Å². The number of hydrogen-bond donors (Lipinski definition) is 0. The first kappa shape index (κ1) is 14.8. The van der Waals surface area contributed by atoms with Gasteiger partial charge in [-0.25, -0.2) is 4.99 Å². The molecule has 1 heterocycles. The predicted molar refractivity (Wildman–Crippen MR) is 81.7 cm³/mol. The van der Waals surface area contributed by atoms with Crippen molar-refractivity contribution in [1.82, 2.24) is 0 Å². The zero-order valence-corrected chi connectivity index (χ0v) is 12.9. The van der Waals surface area contributed by atoms with E-state index in [1.807, 2.05) is 43.3 Å². The molecule has 0 N–H and O–H groups in total. The summed E-state index contributed by atoms with van der Waals surface area (Å²) in [6, 6.07) is 10.0. The Morgan fingerprint density at radius 1 is 1.15 bits per heavy atom. The van der Waals surface area contributed by atoms with Crippen LogP contribution in [0.5, 0.6) is 0 Å². The minimum Gasteiger partial charge on any atom is -0.492 e. The fourth-order valence-corrected chi connectivity index (χ4v) is 2.35. The minimum absolute atomic E-state index is 0.0872. The van der Waals surface area contributed by atoms with Gasteiger partial charge >= 0.3 is 0 Å². The average molecular weight is 273 g/mol. The Morgan fingerprint density at radius 3 is 2.30 bits per heavy atom. The number of aliphatic imine (C=N–C) groups is 1. The van der Waals surface area contributed by atoms with Gasteiger partial charge < -0.3 is 9.47 Å². The lowest BCUT2D eigenvalue weighted by Crippen LogP contribution is -2.24. The van der Waals surface area contributed by atoms with Crippen LogP contribution in [-0.2, 0) is 15.2 Å². The molecular weight excluding hydrogens is 250 g/mol. The molecule has 2 rings (SSSR count). The van der Waals surface area contributed by atoms with Crippen molar-refractivity contribution in [2.75, 3.05) is 13.7 Å². The Morgan fingerprint density at radius 2 is 1.80 bits per heavy atom. The molecule has 1 aromatic rings. The summed E-state index contributed by atoms with van der Waals surface area (Å²) in [5.74, 6) is 0.825. The molecule has 1 unspecified atom stereocenters. The second-order valence-corrected chi connectivity index (χ2v) is 5.92. The molecule has 0 saturated carbocycles. The number of methoxy groups -OCH3 is 1. The number of nitrogens with zero attached hydrogens (tertiary/aromatic N) is 1. The number of allylic oxidation sites excluding steroid dienone is 1. The normalized spacial score (nSPS) is 22.4. The van der Waals surface area contributed by atoms with Crippen molar-refractivity contribution in [2.45, 2.75) is 33.4 Å². The highest BCUT2D eigenvalue weighted by Crippen LogP contribution is 2.39. The van der Waals surface area contributed by atoms with E-state index >= 15 is 0 Å². The predicted octanol–water partition coefficient (Wildman–Crippen LogP) is 3.91. The molecule has 0 saturated heterocycles. The zero-order chi connectivity index (χ0) is 14.8. The van der Waals surface area contributed by atoms with Gasteiger partial charge in [0.25, 0.3) is 0 Å². The van der Waals surface area contributed by atoms with Crippen LogP contribution < -0.4 is 0 Å². The van der Waals surface area contributed by atoms with Crippen molar-refractivity contribution in [1.29, 1.82) is 0 Å². The zero-order valence-electron chi connectivity index (χ0n) is 12.9. The third-order valence-corrected chi connectivity index (χ3v) is 3.35. The lowest BCUT2D eigenvalue weighted by Gasteiger charge is -2.24. The van der Waals surface area contributed by atoms with Crippen LogP contribution in [0, 0.1) is 5.41 Å². The summed E-state index contributed by atoms with van der Waals surface area (Å²) in [7, 11) is 1.68. The van der Waals surface area contributed by atoms with Gasteiger partial charge in [0.1, 0.15) is 5.76 Å². The van der Waals surface area contributed by atoms with Crippen LogP contribution in [0.15, 0.2) is 47.2 Å². The van der Waals surface area contributed by atoms with E-state index < -0.39 is 5.72 Å². The molecular formula is C17H23NO2. The van der Waals surface area contributed by atoms with Crippen molar-refractivity contribution >= 4 is 5.71 Å². The van der Waals surface area contributed by atoms with Crippen LogP contribution in [0.3, 0.4) is 0 Å². The molecule has 1 aliphatic heterocycles. The molecule has 0 radical (unpaired) electrons. The highest BCUT2D eigenvalue weighted by atomic mass is 16.5. The Bertz CT molecular complexity index is 526. The molecule has 108 valence electrons. The van der Waals surface area contributed by atoms with Gasteiger partial charge in [-0.3, -0.25) is 0 Å².